The molecule has 0 heterocycles. The summed E-state index contributed by atoms with van der Waals surface area (Å²) in [6, 6.07) is 0. The minimum atomic E-state index is -0.234. The topological polar surface area (TPSA) is 26.3 Å². The first-order chi connectivity index (χ1) is 6.20. The highest BCUT2D eigenvalue weighted by Gasteiger charge is 1.99. The zero-order valence-electron chi connectivity index (χ0n) is 8.25. The number of ether oxygens (including phenoxy) is 1. The Bertz CT molecular complexity index is 166. The van der Waals surface area contributed by atoms with Crippen LogP contribution < -0.4 is 0 Å². The van der Waals surface area contributed by atoms with Crippen LogP contribution in [0.5, 0.6) is 0 Å². The lowest BCUT2D eigenvalue weighted by molar-refractivity contribution is -0.137. The van der Waals surface area contributed by atoms with Gasteiger partial charge in [-0.25, -0.2) is 4.79 Å². The average Bonchev–Trinajstić information content (AvgIpc) is 2.05. The molecule has 0 saturated carbocycles. The Morgan fingerprint density at radius 2 is 2.23 bits per heavy atom. The molecule has 0 spiro atoms. The third kappa shape index (κ3) is 8.28. The summed E-state index contributed by atoms with van der Waals surface area (Å²) in [6.07, 6.45) is 6.76. The van der Waals surface area contributed by atoms with E-state index in [-0.39, 0.29) is 5.97 Å². The van der Waals surface area contributed by atoms with Crippen LogP contribution >= 0.6 is 22.6 Å². The van der Waals surface area contributed by atoms with Crippen LogP contribution in [0.3, 0.4) is 0 Å². The zero-order chi connectivity index (χ0) is 10.1. The maximum Gasteiger partial charge on any atom is 0.330 e. The molecule has 0 radical (unpaired) electrons. The van der Waals surface area contributed by atoms with Crippen molar-refractivity contribution in [3.05, 3.63) is 12.2 Å². The number of halogens is 1. The fourth-order valence-corrected chi connectivity index (χ4v) is 1.85. The first-order valence-corrected chi connectivity index (χ1v) is 5.92. The Labute approximate surface area is 93.9 Å². The zero-order valence-corrected chi connectivity index (χ0v) is 10.4. The minimum Gasteiger partial charge on any atom is -0.463 e. The van der Waals surface area contributed by atoms with Crippen LogP contribution in [0, 0.1) is 0 Å². The second-order valence-corrected chi connectivity index (χ2v) is 4.54. The molecule has 0 aliphatic heterocycles. The van der Waals surface area contributed by atoms with Gasteiger partial charge < -0.3 is 4.74 Å². The van der Waals surface area contributed by atoms with E-state index in [1.54, 1.807) is 0 Å². The molecule has 0 aromatic rings. The van der Waals surface area contributed by atoms with Crippen molar-refractivity contribution in [3.63, 3.8) is 0 Å². The maximum atomic E-state index is 10.9. The van der Waals surface area contributed by atoms with Crippen LogP contribution in [0.1, 0.15) is 33.1 Å². The van der Waals surface area contributed by atoms with E-state index in [0.717, 1.165) is 6.42 Å². The van der Waals surface area contributed by atoms with Gasteiger partial charge in [-0.3, -0.25) is 0 Å². The summed E-state index contributed by atoms with van der Waals surface area (Å²) in [6.45, 7) is 4.43. The molecule has 0 aromatic carbocycles. The van der Waals surface area contributed by atoms with Crippen molar-refractivity contribution in [2.45, 2.75) is 37.0 Å². The van der Waals surface area contributed by atoms with Gasteiger partial charge in [-0.1, -0.05) is 42.0 Å². The largest absolute Gasteiger partial charge is 0.463 e. The normalized spacial score (nSPS) is 13.2. The van der Waals surface area contributed by atoms with Crippen molar-refractivity contribution in [2.24, 2.45) is 0 Å². The number of alkyl halides is 1. The minimum absolute atomic E-state index is 0.234. The summed E-state index contributed by atoms with van der Waals surface area (Å²) in [5.74, 6) is -0.234. The molecule has 1 unspecified atom stereocenters. The molecule has 1 atom stereocenters. The Morgan fingerprint density at radius 3 is 2.77 bits per heavy atom. The first-order valence-electron chi connectivity index (χ1n) is 4.68. The molecule has 0 N–H and O–H groups in total. The van der Waals surface area contributed by atoms with Crippen molar-refractivity contribution >= 4 is 28.6 Å². The number of hydrogen-bond acceptors (Lipinski definition) is 2. The van der Waals surface area contributed by atoms with Crippen LogP contribution in [0.15, 0.2) is 12.2 Å². The fraction of sp³-hybridized carbons (Fsp3) is 0.700. The first kappa shape index (κ1) is 12.9. The molecule has 0 rings (SSSR count). The molecule has 0 bridgehead atoms. The second-order valence-electron chi connectivity index (χ2n) is 2.78. The van der Waals surface area contributed by atoms with Crippen LogP contribution in [-0.4, -0.2) is 16.5 Å². The Kier molecular flexibility index (Phi) is 8.49. The lowest BCUT2D eigenvalue weighted by Gasteiger charge is -2.02. The van der Waals surface area contributed by atoms with Crippen molar-refractivity contribution in [1.29, 1.82) is 0 Å². The van der Waals surface area contributed by atoms with E-state index < -0.39 is 0 Å². The highest BCUT2D eigenvalue weighted by molar-refractivity contribution is 14.1. The number of rotatable bonds is 6. The SMILES string of the molecule is CCCC(I)C/C=C/C(=O)OCC. The third-order valence-corrected chi connectivity index (χ3v) is 2.67. The van der Waals surface area contributed by atoms with Crippen LogP contribution in [0.2, 0.25) is 0 Å². The van der Waals surface area contributed by atoms with Gasteiger partial charge in [-0.15, -0.1) is 0 Å². The van der Waals surface area contributed by atoms with Gasteiger partial charge in [0.2, 0.25) is 0 Å². The highest BCUT2D eigenvalue weighted by Crippen LogP contribution is 2.12. The molecule has 0 aliphatic carbocycles. The lowest BCUT2D eigenvalue weighted by Crippen LogP contribution is -2.00. The lowest BCUT2D eigenvalue weighted by atomic mass is 10.2. The summed E-state index contributed by atoms with van der Waals surface area (Å²) in [4.78, 5) is 10.9. The molecule has 2 nitrogen and oxygen atoms in total. The molecule has 0 fully saturated rings. The van der Waals surface area contributed by atoms with Gasteiger partial charge in [0.05, 0.1) is 6.61 Å². The number of hydrogen-bond donors (Lipinski definition) is 0. The number of carbonyl (C=O) groups is 1. The molecule has 0 aliphatic rings. The maximum absolute atomic E-state index is 10.9. The monoisotopic (exact) mass is 296 g/mol. The number of carbonyl (C=O) groups excluding carboxylic acids is 1. The third-order valence-electron chi connectivity index (χ3n) is 1.53. The molecular formula is C10H17IO2. The second kappa shape index (κ2) is 8.53. The molecule has 13 heavy (non-hydrogen) atoms. The predicted molar refractivity (Wildman–Crippen MR) is 63.1 cm³/mol. The van der Waals surface area contributed by atoms with E-state index in [0.29, 0.717) is 10.5 Å². The van der Waals surface area contributed by atoms with Crippen LogP contribution in [0.25, 0.3) is 0 Å². The fourth-order valence-electron chi connectivity index (χ4n) is 0.933. The molecule has 0 amide bonds. The van der Waals surface area contributed by atoms with Gasteiger partial charge in [-0.05, 0) is 19.8 Å². The van der Waals surface area contributed by atoms with Gasteiger partial charge in [-0.2, -0.15) is 0 Å². The summed E-state index contributed by atoms with van der Waals surface area (Å²) >= 11 is 2.41. The van der Waals surface area contributed by atoms with Crippen LogP contribution in [-0.2, 0) is 9.53 Å². The van der Waals surface area contributed by atoms with E-state index in [1.165, 1.54) is 18.9 Å². The molecule has 3 heteroatoms. The van der Waals surface area contributed by atoms with Gasteiger partial charge in [0.25, 0.3) is 0 Å². The van der Waals surface area contributed by atoms with E-state index in [4.69, 9.17) is 4.74 Å². The predicted octanol–water partition coefficient (Wildman–Crippen LogP) is 3.10. The average molecular weight is 296 g/mol. The highest BCUT2D eigenvalue weighted by atomic mass is 127. The van der Waals surface area contributed by atoms with Crippen molar-refractivity contribution in [1.82, 2.24) is 0 Å². The Hall–Kier alpha value is -0.0600. The summed E-state index contributed by atoms with van der Waals surface area (Å²) in [5.41, 5.74) is 0. The molecule has 0 aromatic heterocycles. The van der Waals surface area contributed by atoms with Gasteiger partial charge in [0.15, 0.2) is 0 Å². The van der Waals surface area contributed by atoms with Crippen molar-refractivity contribution in [3.8, 4) is 0 Å². The standard InChI is InChI=1S/C10H17IO2/c1-3-6-9(11)7-5-8-10(12)13-4-2/h5,8-9H,3-4,6-7H2,1-2H3/b8-5+. The van der Waals surface area contributed by atoms with E-state index in [1.807, 2.05) is 13.0 Å². The van der Waals surface area contributed by atoms with Gasteiger partial charge >= 0.3 is 5.97 Å². The Balaban J connectivity index is 3.55. The van der Waals surface area contributed by atoms with Gasteiger partial charge in [0, 0.05) is 10.0 Å². The smallest absolute Gasteiger partial charge is 0.330 e. The van der Waals surface area contributed by atoms with Gasteiger partial charge in [0.1, 0.15) is 0 Å². The van der Waals surface area contributed by atoms with Crippen molar-refractivity contribution < 1.29 is 9.53 Å². The quantitative estimate of drug-likeness (QED) is 0.326. The van der Waals surface area contributed by atoms with E-state index >= 15 is 0 Å². The Morgan fingerprint density at radius 1 is 1.54 bits per heavy atom. The van der Waals surface area contributed by atoms with E-state index in [9.17, 15) is 4.79 Å². The van der Waals surface area contributed by atoms with Crippen LogP contribution in [0.4, 0.5) is 0 Å². The number of esters is 1. The molecule has 0 saturated heterocycles. The summed E-state index contributed by atoms with van der Waals surface area (Å²) in [7, 11) is 0. The summed E-state index contributed by atoms with van der Waals surface area (Å²) < 4.78 is 5.39. The number of allylic oxidation sites excluding steroid dienone is 1. The van der Waals surface area contributed by atoms with Crippen molar-refractivity contribution in [2.75, 3.05) is 6.61 Å². The molecular weight excluding hydrogens is 279 g/mol. The molecule has 76 valence electrons. The van der Waals surface area contributed by atoms with E-state index in [2.05, 4.69) is 29.5 Å². The summed E-state index contributed by atoms with van der Waals surface area (Å²) in [5, 5.41) is 0.